The summed E-state index contributed by atoms with van der Waals surface area (Å²) in [4.78, 5) is 8.49. The molecule has 0 bridgehead atoms. The van der Waals surface area contributed by atoms with Gasteiger partial charge in [-0.15, -0.1) is 0 Å². The Morgan fingerprint density at radius 1 is 0.865 bits per heavy atom. The normalized spacial score (nSPS) is 14.6. The molecule has 1 aliphatic heterocycles. The summed E-state index contributed by atoms with van der Waals surface area (Å²) in [7, 11) is -7.42. The molecular formula is C23H26N6O5S3. The van der Waals surface area contributed by atoms with Gasteiger partial charge in [0, 0.05) is 36.2 Å². The van der Waals surface area contributed by atoms with Gasteiger partial charge in [0.05, 0.1) is 23.0 Å². The van der Waals surface area contributed by atoms with Crippen LogP contribution in [0.3, 0.4) is 0 Å². The molecule has 0 unspecified atom stereocenters. The fourth-order valence-corrected chi connectivity index (χ4v) is 6.26. The quantitative estimate of drug-likeness (QED) is 0.368. The van der Waals surface area contributed by atoms with E-state index in [1.54, 1.807) is 44.2 Å². The van der Waals surface area contributed by atoms with Crippen LogP contribution in [-0.4, -0.2) is 62.5 Å². The molecule has 4 rings (SSSR count). The molecule has 1 saturated heterocycles. The van der Waals surface area contributed by atoms with Gasteiger partial charge in [0.2, 0.25) is 10.0 Å². The topological polar surface area (TPSA) is 143 Å². The molecule has 1 aliphatic rings. The Morgan fingerprint density at radius 2 is 1.41 bits per heavy atom. The van der Waals surface area contributed by atoms with Crippen LogP contribution >= 0.6 is 12.2 Å². The largest absolute Gasteiger partial charge is 0.379 e. The van der Waals surface area contributed by atoms with Gasteiger partial charge in [-0.1, -0.05) is 0 Å². The molecule has 1 fully saturated rings. The van der Waals surface area contributed by atoms with E-state index in [2.05, 4.69) is 25.3 Å². The second-order valence-electron chi connectivity index (χ2n) is 8.19. The smallest absolute Gasteiger partial charge is 0.263 e. The molecule has 3 N–H and O–H groups in total. The van der Waals surface area contributed by atoms with E-state index < -0.39 is 20.0 Å². The summed E-state index contributed by atoms with van der Waals surface area (Å²) in [6.07, 6.45) is 0. The molecule has 2 aromatic carbocycles. The van der Waals surface area contributed by atoms with Gasteiger partial charge in [-0.25, -0.2) is 26.8 Å². The van der Waals surface area contributed by atoms with Crippen LogP contribution in [0.2, 0.25) is 0 Å². The number of hydrogen-bond acceptors (Lipinski definition) is 8. The number of morpholine rings is 1. The molecule has 0 atom stereocenters. The molecule has 0 spiro atoms. The lowest BCUT2D eigenvalue weighted by Gasteiger charge is -2.26. The first-order chi connectivity index (χ1) is 17.5. The van der Waals surface area contributed by atoms with Gasteiger partial charge in [0.25, 0.3) is 10.0 Å². The summed E-state index contributed by atoms with van der Waals surface area (Å²) in [5.41, 5.74) is 1.81. The second-order valence-corrected chi connectivity index (χ2v) is 12.2. The molecule has 14 heteroatoms. The lowest BCUT2D eigenvalue weighted by Crippen LogP contribution is -2.40. The van der Waals surface area contributed by atoms with Crippen LogP contribution in [0.5, 0.6) is 0 Å². The molecule has 2 heterocycles. The number of benzene rings is 2. The van der Waals surface area contributed by atoms with Crippen molar-refractivity contribution in [1.82, 2.24) is 14.3 Å². The molecule has 0 aliphatic carbocycles. The van der Waals surface area contributed by atoms with Gasteiger partial charge >= 0.3 is 0 Å². The van der Waals surface area contributed by atoms with Crippen molar-refractivity contribution in [2.75, 3.05) is 41.7 Å². The highest BCUT2D eigenvalue weighted by molar-refractivity contribution is 7.92. The minimum Gasteiger partial charge on any atom is -0.379 e. The lowest BCUT2D eigenvalue weighted by atomic mass is 10.3. The molecule has 1 aromatic heterocycles. The summed E-state index contributed by atoms with van der Waals surface area (Å²) in [6.45, 7) is 4.85. The Bertz CT molecular complexity index is 1470. The van der Waals surface area contributed by atoms with E-state index in [4.69, 9.17) is 17.0 Å². The summed E-state index contributed by atoms with van der Waals surface area (Å²) in [6, 6.07) is 13.9. The predicted molar refractivity (Wildman–Crippen MR) is 145 cm³/mol. The number of sulfonamides is 2. The number of anilines is 3. The summed E-state index contributed by atoms with van der Waals surface area (Å²) in [5, 5.41) is 6.21. The van der Waals surface area contributed by atoms with Crippen molar-refractivity contribution in [1.29, 1.82) is 0 Å². The first kappa shape index (κ1) is 26.9. The van der Waals surface area contributed by atoms with Crippen LogP contribution in [0.25, 0.3) is 0 Å². The molecule has 0 radical (unpaired) electrons. The first-order valence-electron chi connectivity index (χ1n) is 11.2. The van der Waals surface area contributed by atoms with Gasteiger partial charge in [-0.05, 0) is 74.6 Å². The molecular weight excluding hydrogens is 536 g/mol. The SMILES string of the molecule is Cc1cc(NS(=O)(=O)c2ccc(NC(=S)Nc3ccc(S(=O)(=O)N4CCOCC4)cc3)cc2)nc(C)n1. The van der Waals surface area contributed by atoms with E-state index in [1.165, 1.54) is 28.6 Å². The van der Waals surface area contributed by atoms with E-state index in [-0.39, 0.29) is 20.7 Å². The Hall–Kier alpha value is -3.17. The van der Waals surface area contributed by atoms with Crippen LogP contribution in [-0.2, 0) is 24.8 Å². The number of ether oxygens (including phenoxy) is 1. The number of nitrogens with zero attached hydrogens (tertiary/aromatic N) is 3. The Balaban J connectivity index is 1.36. The molecule has 3 aromatic rings. The van der Waals surface area contributed by atoms with Crippen LogP contribution in [0.15, 0.2) is 64.4 Å². The highest BCUT2D eigenvalue weighted by Gasteiger charge is 2.26. The highest BCUT2D eigenvalue weighted by atomic mass is 32.2. The second kappa shape index (κ2) is 11.1. The number of aromatic nitrogens is 2. The van der Waals surface area contributed by atoms with Crippen LogP contribution in [0, 0.1) is 13.8 Å². The number of nitrogens with one attached hydrogen (secondary N) is 3. The number of thiocarbonyl (C=S) groups is 1. The first-order valence-corrected chi connectivity index (χ1v) is 14.6. The van der Waals surface area contributed by atoms with Gasteiger partial charge < -0.3 is 15.4 Å². The van der Waals surface area contributed by atoms with Gasteiger partial charge in [-0.3, -0.25) is 4.72 Å². The van der Waals surface area contributed by atoms with E-state index in [0.717, 1.165) is 0 Å². The Kier molecular flexibility index (Phi) is 8.04. The van der Waals surface area contributed by atoms with Crippen molar-refractivity contribution in [3.63, 3.8) is 0 Å². The highest BCUT2D eigenvalue weighted by Crippen LogP contribution is 2.21. The fourth-order valence-electron chi connectivity index (χ4n) is 3.62. The minimum atomic E-state index is -3.84. The van der Waals surface area contributed by atoms with Crippen molar-refractivity contribution in [3.05, 3.63) is 66.1 Å². The molecule has 11 nitrogen and oxygen atoms in total. The third-order valence-corrected chi connectivity index (χ3v) is 8.84. The van der Waals surface area contributed by atoms with Crippen LogP contribution in [0.1, 0.15) is 11.5 Å². The summed E-state index contributed by atoms with van der Waals surface area (Å²) in [5.74, 6) is 0.660. The van der Waals surface area contributed by atoms with Crippen molar-refractivity contribution in [3.8, 4) is 0 Å². The lowest BCUT2D eigenvalue weighted by molar-refractivity contribution is 0.0730. The predicted octanol–water partition coefficient (Wildman–Crippen LogP) is 2.72. The van der Waals surface area contributed by atoms with Gasteiger partial charge in [0.15, 0.2) is 5.11 Å². The number of aryl methyl sites for hydroxylation is 2. The van der Waals surface area contributed by atoms with Crippen molar-refractivity contribution >= 4 is 54.6 Å². The third-order valence-electron chi connectivity index (χ3n) is 5.35. The Labute approximate surface area is 221 Å². The average molecular weight is 563 g/mol. The minimum absolute atomic E-state index is 0.0583. The van der Waals surface area contributed by atoms with Crippen LogP contribution < -0.4 is 15.4 Å². The van der Waals surface area contributed by atoms with E-state index in [1.807, 2.05) is 0 Å². The van der Waals surface area contributed by atoms with Crippen molar-refractivity contribution in [2.45, 2.75) is 23.6 Å². The van der Waals surface area contributed by atoms with Crippen molar-refractivity contribution < 1.29 is 21.6 Å². The monoisotopic (exact) mass is 562 g/mol. The third kappa shape index (κ3) is 6.78. The molecule has 0 amide bonds. The summed E-state index contributed by atoms with van der Waals surface area (Å²) < 4.78 is 60.0. The zero-order valence-electron chi connectivity index (χ0n) is 20.1. The van der Waals surface area contributed by atoms with Crippen LogP contribution in [0.4, 0.5) is 17.2 Å². The number of rotatable bonds is 7. The molecule has 0 saturated carbocycles. The maximum atomic E-state index is 12.8. The fraction of sp³-hybridized carbons (Fsp3) is 0.261. The van der Waals surface area contributed by atoms with E-state index >= 15 is 0 Å². The number of hydrogen-bond donors (Lipinski definition) is 3. The molecule has 196 valence electrons. The average Bonchev–Trinajstić information content (AvgIpc) is 2.84. The zero-order valence-corrected chi connectivity index (χ0v) is 22.6. The Morgan fingerprint density at radius 3 is 1.95 bits per heavy atom. The maximum absolute atomic E-state index is 12.8. The summed E-state index contributed by atoms with van der Waals surface area (Å²) >= 11 is 5.34. The van der Waals surface area contributed by atoms with Gasteiger partial charge in [-0.2, -0.15) is 4.31 Å². The maximum Gasteiger partial charge on any atom is 0.263 e. The standard InChI is InChI=1S/C23H26N6O5S3/c1-16-15-22(25-17(2)24-16)28-36(30,31)20-7-3-18(4-8-20)26-23(35)27-19-5-9-21(10-6-19)37(32,33)29-11-13-34-14-12-29/h3-10,15H,11-14H2,1-2H3,(H,24,25,28)(H2,26,27,35). The van der Waals surface area contributed by atoms with Gasteiger partial charge in [0.1, 0.15) is 11.6 Å². The van der Waals surface area contributed by atoms with E-state index in [0.29, 0.717) is 49.2 Å². The van der Waals surface area contributed by atoms with Crippen molar-refractivity contribution in [2.24, 2.45) is 0 Å². The van der Waals surface area contributed by atoms with E-state index in [9.17, 15) is 16.8 Å². The zero-order chi connectivity index (χ0) is 26.6. The molecule has 37 heavy (non-hydrogen) atoms.